The molecule has 0 amide bonds. The summed E-state index contributed by atoms with van der Waals surface area (Å²) in [6.45, 7) is 3.39. The number of rotatable bonds is 7. The third kappa shape index (κ3) is 4.10. The highest BCUT2D eigenvalue weighted by atomic mass is 16.3. The first-order valence-electron chi connectivity index (χ1n) is 8.72. The van der Waals surface area contributed by atoms with E-state index >= 15 is 0 Å². The van der Waals surface area contributed by atoms with E-state index in [2.05, 4.69) is 23.3 Å². The predicted molar refractivity (Wildman–Crippen MR) is 86.2 cm³/mol. The summed E-state index contributed by atoms with van der Waals surface area (Å²) in [6.07, 6.45) is 13.0. The van der Waals surface area contributed by atoms with Crippen LogP contribution < -0.4 is 5.32 Å². The molecular formula is C18H30N2O. The normalized spacial score (nSPS) is 22.4. The van der Waals surface area contributed by atoms with Crippen molar-refractivity contribution in [2.75, 3.05) is 20.1 Å². The van der Waals surface area contributed by atoms with Gasteiger partial charge in [-0.25, -0.2) is 0 Å². The van der Waals surface area contributed by atoms with E-state index in [1.54, 1.807) is 6.26 Å². The molecule has 3 rings (SSSR count). The van der Waals surface area contributed by atoms with Crippen LogP contribution in [0, 0.1) is 5.41 Å². The van der Waals surface area contributed by atoms with Crippen LogP contribution in [-0.4, -0.2) is 31.1 Å². The van der Waals surface area contributed by atoms with Crippen LogP contribution in [-0.2, 0) is 6.54 Å². The monoisotopic (exact) mass is 290 g/mol. The first-order chi connectivity index (χ1) is 10.3. The molecule has 0 atom stereocenters. The number of hydrogen-bond donors (Lipinski definition) is 1. The summed E-state index contributed by atoms with van der Waals surface area (Å²) in [4.78, 5) is 2.70. The minimum absolute atomic E-state index is 0.473. The molecule has 118 valence electrons. The lowest BCUT2D eigenvalue weighted by Crippen LogP contribution is -2.44. The van der Waals surface area contributed by atoms with Gasteiger partial charge in [0.15, 0.2) is 0 Å². The van der Waals surface area contributed by atoms with Gasteiger partial charge in [-0.3, -0.25) is 4.90 Å². The zero-order valence-electron chi connectivity index (χ0n) is 13.4. The van der Waals surface area contributed by atoms with E-state index in [-0.39, 0.29) is 0 Å². The van der Waals surface area contributed by atoms with Gasteiger partial charge < -0.3 is 9.73 Å². The van der Waals surface area contributed by atoms with Gasteiger partial charge in [0, 0.05) is 19.1 Å². The molecule has 1 aromatic heterocycles. The van der Waals surface area contributed by atoms with E-state index in [1.165, 1.54) is 57.9 Å². The Kier molecular flexibility index (Phi) is 5.02. The Hall–Kier alpha value is -0.800. The van der Waals surface area contributed by atoms with Crippen molar-refractivity contribution in [3.05, 3.63) is 24.2 Å². The largest absolute Gasteiger partial charge is 0.468 e. The molecule has 2 aliphatic rings. The molecule has 0 spiro atoms. The molecule has 0 aromatic carbocycles. The Morgan fingerprint density at radius 1 is 1.24 bits per heavy atom. The van der Waals surface area contributed by atoms with E-state index in [4.69, 9.17) is 4.42 Å². The maximum atomic E-state index is 5.59. The fourth-order valence-corrected chi connectivity index (χ4v) is 4.03. The molecule has 0 saturated heterocycles. The molecule has 21 heavy (non-hydrogen) atoms. The molecule has 0 unspecified atom stereocenters. The van der Waals surface area contributed by atoms with E-state index in [0.717, 1.165) is 24.9 Å². The lowest BCUT2D eigenvalue weighted by atomic mass is 9.79. The van der Waals surface area contributed by atoms with Gasteiger partial charge in [0.25, 0.3) is 0 Å². The van der Waals surface area contributed by atoms with Gasteiger partial charge in [-0.2, -0.15) is 0 Å². The zero-order chi connectivity index (χ0) is 14.5. The van der Waals surface area contributed by atoms with Crippen LogP contribution in [0.2, 0.25) is 0 Å². The van der Waals surface area contributed by atoms with Crippen LogP contribution in [0.3, 0.4) is 0 Å². The van der Waals surface area contributed by atoms with Crippen molar-refractivity contribution in [1.29, 1.82) is 0 Å². The minimum Gasteiger partial charge on any atom is -0.468 e. The van der Waals surface area contributed by atoms with Crippen LogP contribution >= 0.6 is 0 Å². The maximum Gasteiger partial charge on any atom is 0.117 e. The standard InChI is InChI=1S/C18H30N2O/c1-19-14-18(10-4-2-3-5-11-18)15-20(16-8-9-16)13-17-7-6-12-21-17/h6-7,12,16,19H,2-5,8-11,13-15H2,1H3. The van der Waals surface area contributed by atoms with Crippen molar-refractivity contribution in [2.24, 2.45) is 5.41 Å². The molecule has 2 fully saturated rings. The van der Waals surface area contributed by atoms with Gasteiger partial charge in [0.2, 0.25) is 0 Å². The van der Waals surface area contributed by atoms with E-state index in [0.29, 0.717) is 5.41 Å². The first kappa shape index (κ1) is 15.1. The lowest BCUT2D eigenvalue weighted by molar-refractivity contribution is 0.111. The third-order valence-corrected chi connectivity index (χ3v) is 5.26. The quantitative estimate of drug-likeness (QED) is 0.774. The van der Waals surface area contributed by atoms with Gasteiger partial charge in [-0.05, 0) is 50.3 Å². The second kappa shape index (κ2) is 6.97. The molecule has 2 saturated carbocycles. The van der Waals surface area contributed by atoms with Crippen molar-refractivity contribution in [3.8, 4) is 0 Å². The zero-order valence-corrected chi connectivity index (χ0v) is 13.4. The summed E-state index contributed by atoms with van der Waals surface area (Å²) in [5.74, 6) is 1.12. The second-order valence-corrected chi connectivity index (χ2v) is 7.16. The van der Waals surface area contributed by atoms with E-state index in [1.807, 2.05) is 6.07 Å². The Bertz CT molecular complexity index is 403. The molecule has 1 aromatic rings. The smallest absolute Gasteiger partial charge is 0.117 e. The fraction of sp³-hybridized carbons (Fsp3) is 0.778. The summed E-state index contributed by atoms with van der Waals surface area (Å²) < 4.78 is 5.59. The van der Waals surface area contributed by atoms with E-state index < -0.39 is 0 Å². The van der Waals surface area contributed by atoms with Crippen LogP contribution in [0.4, 0.5) is 0 Å². The molecular weight excluding hydrogens is 260 g/mol. The summed E-state index contributed by atoms with van der Waals surface area (Å²) in [7, 11) is 2.11. The van der Waals surface area contributed by atoms with Crippen molar-refractivity contribution >= 4 is 0 Å². The number of hydrogen-bond acceptors (Lipinski definition) is 3. The number of nitrogens with one attached hydrogen (secondary N) is 1. The molecule has 3 heteroatoms. The molecule has 0 aliphatic heterocycles. The third-order valence-electron chi connectivity index (χ3n) is 5.26. The van der Waals surface area contributed by atoms with E-state index in [9.17, 15) is 0 Å². The van der Waals surface area contributed by atoms with Crippen molar-refractivity contribution < 1.29 is 4.42 Å². The Morgan fingerprint density at radius 2 is 2.00 bits per heavy atom. The topological polar surface area (TPSA) is 28.4 Å². The van der Waals surface area contributed by atoms with Gasteiger partial charge in [-0.1, -0.05) is 25.7 Å². The first-order valence-corrected chi connectivity index (χ1v) is 8.72. The van der Waals surface area contributed by atoms with Gasteiger partial charge >= 0.3 is 0 Å². The molecule has 1 heterocycles. The van der Waals surface area contributed by atoms with Gasteiger partial charge in [-0.15, -0.1) is 0 Å². The predicted octanol–water partition coefficient (Wildman–Crippen LogP) is 3.80. The Labute approximate surface area is 129 Å². The van der Waals surface area contributed by atoms with Crippen molar-refractivity contribution in [2.45, 2.75) is 64.0 Å². The maximum absolute atomic E-state index is 5.59. The molecule has 1 N–H and O–H groups in total. The van der Waals surface area contributed by atoms with Gasteiger partial charge in [0.1, 0.15) is 5.76 Å². The Morgan fingerprint density at radius 3 is 2.57 bits per heavy atom. The Balaban J connectivity index is 1.68. The van der Waals surface area contributed by atoms with Gasteiger partial charge in [0.05, 0.1) is 12.8 Å². The number of furan rings is 1. The minimum atomic E-state index is 0.473. The lowest BCUT2D eigenvalue weighted by Gasteiger charge is -2.38. The highest BCUT2D eigenvalue weighted by Crippen LogP contribution is 2.39. The average Bonchev–Trinajstić information content (AvgIpc) is 3.24. The molecule has 3 nitrogen and oxygen atoms in total. The highest BCUT2D eigenvalue weighted by Gasteiger charge is 2.37. The number of nitrogens with zero attached hydrogens (tertiary/aromatic N) is 1. The van der Waals surface area contributed by atoms with Crippen LogP contribution in [0.25, 0.3) is 0 Å². The van der Waals surface area contributed by atoms with Crippen LogP contribution in [0.5, 0.6) is 0 Å². The molecule has 0 radical (unpaired) electrons. The van der Waals surface area contributed by atoms with Crippen LogP contribution in [0.1, 0.15) is 57.1 Å². The fourth-order valence-electron chi connectivity index (χ4n) is 4.03. The summed E-state index contributed by atoms with van der Waals surface area (Å²) in [6, 6.07) is 4.93. The summed E-state index contributed by atoms with van der Waals surface area (Å²) in [5.41, 5.74) is 0.473. The van der Waals surface area contributed by atoms with Crippen molar-refractivity contribution in [1.82, 2.24) is 10.2 Å². The second-order valence-electron chi connectivity index (χ2n) is 7.16. The van der Waals surface area contributed by atoms with Crippen LogP contribution in [0.15, 0.2) is 22.8 Å². The summed E-state index contributed by atoms with van der Waals surface area (Å²) >= 11 is 0. The molecule has 0 bridgehead atoms. The molecule has 2 aliphatic carbocycles. The van der Waals surface area contributed by atoms with Crippen molar-refractivity contribution in [3.63, 3.8) is 0 Å². The highest BCUT2D eigenvalue weighted by molar-refractivity contribution is 5.01. The SMILES string of the molecule is CNCC1(CN(Cc2ccco2)C2CC2)CCCCCC1. The summed E-state index contributed by atoms with van der Waals surface area (Å²) in [5, 5.41) is 3.48. The average molecular weight is 290 g/mol.